The van der Waals surface area contributed by atoms with Crippen molar-refractivity contribution in [2.24, 2.45) is 0 Å². The molecule has 0 atom stereocenters. The number of unbranched alkanes of at least 4 members (excludes halogenated alkanes) is 3. The minimum Gasteiger partial charge on any atom is -0.431 e. The van der Waals surface area contributed by atoms with Gasteiger partial charge in [-0.15, -0.1) is 0 Å². The monoisotopic (exact) mass is 336 g/mol. The Kier molecular flexibility index (Phi) is 10.1. The molecule has 4 heteroatoms. The number of carbonyl (C=O) groups is 1. The standard InChI is InChI=1S/C11H14Br2O2/c1-10(14)15-11(9-13)7-5-3-2-4-6-8-12/h9H,2-5,7H2,1H3/b11-9-. The van der Waals surface area contributed by atoms with Crippen LogP contribution >= 0.6 is 31.9 Å². The van der Waals surface area contributed by atoms with E-state index in [0.29, 0.717) is 5.76 Å². The number of carbonyl (C=O) groups excluding carboxylic acids is 1. The van der Waals surface area contributed by atoms with Crippen LogP contribution in [-0.2, 0) is 9.53 Å². The fourth-order valence-corrected chi connectivity index (χ4v) is 1.57. The van der Waals surface area contributed by atoms with E-state index in [2.05, 4.69) is 42.6 Å². The van der Waals surface area contributed by atoms with Crippen LogP contribution in [0.1, 0.15) is 39.0 Å². The molecule has 0 spiro atoms. The highest BCUT2D eigenvalue weighted by molar-refractivity contribution is 9.12. The predicted octanol–water partition coefficient (Wildman–Crippen LogP) is 4.09. The first-order chi connectivity index (χ1) is 7.20. The normalized spacial score (nSPS) is 10.5. The molecular weight excluding hydrogens is 324 g/mol. The lowest BCUT2D eigenvalue weighted by molar-refractivity contribution is -0.137. The molecule has 0 aromatic heterocycles. The molecule has 0 fully saturated rings. The number of ether oxygens (including phenoxy) is 1. The second kappa shape index (κ2) is 10.3. The molecule has 0 unspecified atom stereocenters. The van der Waals surface area contributed by atoms with Gasteiger partial charge in [-0.2, -0.15) is 0 Å². The van der Waals surface area contributed by atoms with Crippen LogP contribution < -0.4 is 0 Å². The Bertz CT molecular complexity index is 274. The molecule has 2 nitrogen and oxygen atoms in total. The third-order valence-electron chi connectivity index (χ3n) is 1.69. The number of allylic oxidation sites excluding steroid dienone is 1. The fourth-order valence-electron chi connectivity index (χ4n) is 1.05. The Labute approximate surface area is 108 Å². The molecule has 0 aliphatic heterocycles. The summed E-state index contributed by atoms with van der Waals surface area (Å²) in [6, 6.07) is 0. The van der Waals surface area contributed by atoms with E-state index in [-0.39, 0.29) is 5.97 Å². The van der Waals surface area contributed by atoms with Crippen LogP contribution in [0.2, 0.25) is 0 Å². The van der Waals surface area contributed by atoms with Gasteiger partial charge in [-0.1, -0.05) is 28.3 Å². The van der Waals surface area contributed by atoms with Gasteiger partial charge in [-0.05, 0) is 17.7 Å². The molecule has 0 N–H and O–H groups in total. The third-order valence-corrected chi connectivity index (χ3v) is 2.48. The van der Waals surface area contributed by atoms with E-state index in [4.69, 9.17) is 4.74 Å². The van der Waals surface area contributed by atoms with Crippen molar-refractivity contribution in [3.63, 3.8) is 0 Å². The van der Waals surface area contributed by atoms with Gasteiger partial charge in [-0.3, -0.25) is 4.79 Å². The Hall–Kier alpha value is -0.270. The average molecular weight is 338 g/mol. The van der Waals surface area contributed by atoms with Crippen molar-refractivity contribution in [2.45, 2.75) is 39.0 Å². The van der Waals surface area contributed by atoms with E-state index in [1.807, 2.05) is 0 Å². The largest absolute Gasteiger partial charge is 0.431 e. The first-order valence-corrected chi connectivity index (χ1v) is 6.47. The highest BCUT2D eigenvalue weighted by Gasteiger charge is 2.01. The van der Waals surface area contributed by atoms with E-state index >= 15 is 0 Å². The summed E-state index contributed by atoms with van der Waals surface area (Å²) < 4.78 is 4.97. The summed E-state index contributed by atoms with van der Waals surface area (Å²) in [5, 5.41) is 0. The van der Waals surface area contributed by atoms with Crippen LogP contribution in [0.4, 0.5) is 0 Å². The van der Waals surface area contributed by atoms with Crippen molar-refractivity contribution in [2.75, 3.05) is 0 Å². The van der Waals surface area contributed by atoms with Gasteiger partial charge in [0.15, 0.2) is 0 Å². The van der Waals surface area contributed by atoms with Gasteiger partial charge in [0.25, 0.3) is 0 Å². The van der Waals surface area contributed by atoms with E-state index in [0.717, 1.165) is 32.1 Å². The zero-order valence-corrected chi connectivity index (χ0v) is 11.9. The summed E-state index contributed by atoms with van der Waals surface area (Å²) in [5.74, 6) is 3.36. The summed E-state index contributed by atoms with van der Waals surface area (Å²) >= 11 is 6.22. The molecule has 0 saturated heterocycles. The summed E-state index contributed by atoms with van der Waals surface area (Å²) in [4.78, 5) is 15.0. The lowest BCUT2D eigenvalue weighted by Crippen LogP contribution is -1.98. The van der Waals surface area contributed by atoms with Crippen LogP contribution in [0.25, 0.3) is 0 Å². The molecule has 0 saturated carbocycles. The molecule has 0 aliphatic rings. The second-order valence-corrected chi connectivity index (χ2v) is 3.86. The topological polar surface area (TPSA) is 26.3 Å². The van der Waals surface area contributed by atoms with Crippen LogP contribution in [0.3, 0.4) is 0 Å². The maximum atomic E-state index is 10.7. The third kappa shape index (κ3) is 10.0. The van der Waals surface area contributed by atoms with Crippen LogP contribution in [-0.4, -0.2) is 5.97 Å². The Balaban J connectivity index is 3.54. The molecule has 0 radical (unpaired) electrons. The summed E-state index contributed by atoms with van der Waals surface area (Å²) in [7, 11) is 0. The van der Waals surface area contributed by atoms with Crippen molar-refractivity contribution in [3.8, 4) is 10.8 Å². The first kappa shape index (κ1) is 14.7. The summed E-state index contributed by atoms with van der Waals surface area (Å²) in [6.45, 7) is 1.40. The van der Waals surface area contributed by atoms with Crippen LogP contribution in [0, 0.1) is 10.8 Å². The van der Waals surface area contributed by atoms with E-state index in [1.165, 1.54) is 6.92 Å². The van der Waals surface area contributed by atoms with E-state index < -0.39 is 0 Å². The Morgan fingerprint density at radius 2 is 2.13 bits per heavy atom. The van der Waals surface area contributed by atoms with Gasteiger partial charge >= 0.3 is 5.97 Å². The van der Waals surface area contributed by atoms with Gasteiger partial charge in [0.1, 0.15) is 5.76 Å². The van der Waals surface area contributed by atoms with Crippen molar-refractivity contribution >= 4 is 37.8 Å². The molecule has 0 bridgehead atoms. The van der Waals surface area contributed by atoms with E-state index in [9.17, 15) is 4.79 Å². The van der Waals surface area contributed by atoms with Crippen molar-refractivity contribution < 1.29 is 9.53 Å². The van der Waals surface area contributed by atoms with Gasteiger partial charge in [-0.25, -0.2) is 0 Å². The quantitative estimate of drug-likeness (QED) is 0.316. The van der Waals surface area contributed by atoms with Gasteiger partial charge in [0.2, 0.25) is 0 Å². The highest BCUT2D eigenvalue weighted by atomic mass is 79.9. The zero-order valence-electron chi connectivity index (χ0n) is 8.69. The van der Waals surface area contributed by atoms with Gasteiger partial charge in [0, 0.05) is 40.7 Å². The molecule has 0 amide bonds. The lowest BCUT2D eigenvalue weighted by Gasteiger charge is -2.04. The minimum absolute atomic E-state index is 0.272. The molecule has 84 valence electrons. The predicted molar refractivity (Wildman–Crippen MR) is 68.6 cm³/mol. The number of hydrogen-bond acceptors (Lipinski definition) is 2. The fraction of sp³-hybridized carbons (Fsp3) is 0.545. The molecule has 0 aromatic carbocycles. The molecule has 0 aromatic rings. The van der Waals surface area contributed by atoms with Crippen molar-refractivity contribution in [1.82, 2.24) is 0 Å². The van der Waals surface area contributed by atoms with Crippen LogP contribution in [0.15, 0.2) is 10.7 Å². The number of hydrogen-bond donors (Lipinski definition) is 0. The second-order valence-electron chi connectivity index (χ2n) is 3.00. The number of rotatable bonds is 6. The smallest absolute Gasteiger partial charge is 0.307 e. The maximum Gasteiger partial charge on any atom is 0.307 e. The summed E-state index contributed by atoms with van der Waals surface area (Å²) in [6.07, 6.45) is 4.87. The highest BCUT2D eigenvalue weighted by Crippen LogP contribution is 2.13. The molecular formula is C11H14Br2O2. The molecule has 0 rings (SSSR count). The van der Waals surface area contributed by atoms with E-state index in [1.54, 1.807) is 4.99 Å². The van der Waals surface area contributed by atoms with Crippen LogP contribution in [0.5, 0.6) is 0 Å². The molecule has 0 aliphatic carbocycles. The number of halogens is 2. The van der Waals surface area contributed by atoms with Gasteiger partial charge in [0.05, 0.1) is 0 Å². The maximum absolute atomic E-state index is 10.7. The molecule has 0 heterocycles. The summed E-state index contributed by atoms with van der Waals surface area (Å²) in [5.41, 5.74) is 0. The SMILES string of the molecule is CC(=O)O/C(=C\Br)CCCCCC#CBr. The zero-order chi connectivity index (χ0) is 11.5. The lowest BCUT2D eigenvalue weighted by atomic mass is 10.1. The van der Waals surface area contributed by atoms with Crippen molar-refractivity contribution in [3.05, 3.63) is 10.7 Å². The Morgan fingerprint density at radius 3 is 2.67 bits per heavy atom. The average Bonchev–Trinajstić information content (AvgIpc) is 2.20. The minimum atomic E-state index is -0.272. The number of esters is 1. The Morgan fingerprint density at radius 1 is 1.40 bits per heavy atom. The van der Waals surface area contributed by atoms with Crippen molar-refractivity contribution in [1.29, 1.82) is 0 Å². The molecule has 15 heavy (non-hydrogen) atoms. The van der Waals surface area contributed by atoms with Gasteiger partial charge < -0.3 is 4.74 Å². The first-order valence-electron chi connectivity index (χ1n) is 4.77.